The van der Waals surface area contributed by atoms with Gasteiger partial charge in [-0.3, -0.25) is 0 Å². The molecule has 0 aliphatic heterocycles. The predicted molar refractivity (Wildman–Crippen MR) is 79.3 cm³/mol. The fourth-order valence-corrected chi connectivity index (χ4v) is 2.53. The van der Waals surface area contributed by atoms with Crippen LogP contribution >= 0.6 is 12.2 Å². The smallest absolute Gasteiger partial charge is 0.107 e. The van der Waals surface area contributed by atoms with E-state index in [0.29, 0.717) is 0 Å². The molecule has 0 saturated heterocycles. The van der Waals surface area contributed by atoms with Gasteiger partial charge < -0.3 is 4.98 Å². The van der Waals surface area contributed by atoms with Crippen LogP contribution in [0.1, 0.15) is 5.56 Å². The highest BCUT2D eigenvalue weighted by Crippen LogP contribution is 2.30. The van der Waals surface area contributed by atoms with Gasteiger partial charge in [0.15, 0.2) is 0 Å². The zero-order valence-corrected chi connectivity index (χ0v) is 10.9. The average Bonchev–Trinajstić information content (AvgIpc) is 2.41. The Morgan fingerprint density at radius 1 is 0.889 bits per heavy atom. The van der Waals surface area contributed by atoms with Gasteiger partial charge in [-0.2, -0.15) is 0 Å². The van der Waals surface area contributed by atoms with Gasteiger partial charge in [-0.1, -0.05) is 60.7 Å². The summed E-state index contributed by atoms with van der Waals surface area (Å²) in [6.45, 7) is 2.08. The van der Waals surface area contributed by atoms with Crippen molar-refractivity contribution in [2.45, 2.75) is 6.92 Å². The molecule has 1 aromatic heterocycles. The minimum absolute atomic E-state index is 0.813. The molecule has 18 heavy (non-hydrogen) atoms. The summed E-state index contributed by atoms with van der Waals surface area (Å²) < 4.78 is 0.813. The van der Waals surface area contributed by atoms with Gasteiger partial charge in [0.25, 0.3) is 0 Å². The summed E-state index contributed by atoms with van der Waals surface area (Å²) in [4.78, 5) is 3.28. The molecule has 3 aromatic rings. The lowest BCUT2D eigenvalue weighted by atomic mass is 9.97. The zero-order chi connectivity index (χ0) is 12.5. The number of hydrogen-bond donors (Lipinski definition) is 1. The van der Waals surface area contributed by atoms with Crippen LogP contribution in [0.2, 0.25) is 0 Å². The second-order valence-electron chi connectivity index (χ2n) is 4.37. The Bertz CT molecular complexity index is 757. The first-order valence-corrected chi connectivity index (χ1v) is 6.35. The molecule has 1 N–H and O–H groups in total. The molecule has 0 saturated carbocycles. The van der Waals surface area contributed by atoms with E-state index in [0.717, 1.165) is 15.7 Å². The number of fused-ring (bicyclic) bond motifs is 1. The molecule has 0 atom stereocenters. The molecule has 1 nitrogen and oxygen atoms in total. The van der Waals surface area contributed by atoms with E-state index in [1.54, 1.807) is 0 Å². The zero-order valence-electron chi connectivity index (χ0n) is 10.1. The van der Waals surface area contributed by atoms with E-state index >= 15 is 0 Å². The standard InChI is InChI=1S/C16H13NS/c1-11-15(12-7-3-2-4-8-12)13-9-5-6-10-14(13)17-16(11)18/h2-10H,1H3,(H,17,18). The number of benzene rings is 2. The summed E-state index contributed by atoms with van der Waals surface area (Å²) in [5.41, 5.74) is 4.67. The van der Waals surface area contributed by atoms with Gasteiger partial charge in [-0.25, -0.2) is 0 Å². The van der Waals surface area contributed by atoms with E-state index in [1.807, 2.05) is 12.1 Å². The maximum Gasteiger partial charge on any atom is 0.107 e. The first-order valence-electron chi connectivity index (χ1n) is 5.94. The first kappa shape index (κ1) is 11.2. The quantitative estimate of drug-likeness (QED) is 0.610. The molecule has 2 aromatic carbocycles. The number of para-hydroxylation sites is 1. The normalized spacial score (nSPS) is 10.7. The van der Waals surface area contributed by atoms with Crippen molar-refractivity contribution >= 4 is 23.1 Å². The molecular formula is C16H13NS. The molecule has 2 heteroatoms. The van der Waals surface area contributed by atoms with Crippen LogP contribution in [0.5, 0.6) is 0 Å². The summed E-state index contributed by atoms with van der Waals surface area (Å²) in [6.07, 6.45) is 0. The Hall–Kier alpha value is -1.93. The molecule has 0 fully saturated rings. The largest absolute Gasteiger partial charge is 0.346 e. The molecule has 3 rings (SSSR count). The van der Waals surface area contributed by atoms with Gasteiger partial charge in [0.2, 0.25) is 0 Å². The molecule has 0 aliphatic carbocycles. The van der Waals surface area contributed by atoms with Crippen LogP contribution < -0.4 is 0 Å². The van der Waals surface area contributed by atoms with Crippen LogP contribution in [0.25, 0.3) is 22.0 Å². The van der Waals surface area contributed by atoms with Crippen molar-refractivity contribution in [2.24, 2.45) is 0 Å². The lowest BCUT2D eigenvalue weighted by Crippen LogP contribution is -1.90. The van der Waals surface area contributed by atoms with Crippen molar-refractivity contribution in [2.75, 3.05) is 0 Å². The third-order valence-electron chi connectivity index (χ3n) is 3.22. The first-order chi connectivity index (χ1) is 8.77. The maximum absolute atomic E-state index is 5.41. The van der Waals surface area contributed by atoms with Gasteiger partial charge in [0, 0.05) is 10.9 Å². The third kappa shape index (κ3) is 1.75. The molecule has 0 amide bonds. The molecule has 0 spiro atoms. The monoisotopic (exact) mass is 251 g/mol. The fourth-order valence-electron chi connectivity index (χ4n) is 2.32. The van der Waals surface area contributed by atoms with Crippen molar-refractivity contribution in [3.8, 4) is 11.1 Å². The number of aromatic amines is 1. The minimum atomic E-state index is 0.813. The topological polar surface area (TPSA) is 15.8 Å². The van der Waals surface area contributed by atoms with Crippen molar-refractivity contribution in [1.82, 2.24) is 4.98 Å². The SMILES string of the molecule is Cc1c(-c2ccccc2)c2ccccc2[nH]c1=S. The van der Waals surface area contributed by atoms with E-state index < -0.39 is 0 Å². The lowest BCUT2D eigenvalue weighted by Gasteiger charge is -2.11. The number of hydrogen-bond acceptors (Lipinski definition) is 1. The number of H-pyrrole nitrogens is 1. The molecule has 0 unspecified atom stereocenters. The second kappa shape index (κ2) is 4.39. The van der Waals surface area contributed by atoms with Crippen LogP contribution in [-0.4, -0.2) is 4.98 Å². The summed E-state index contributed by atoms with van der Waals surface area (Å²) in [7, 11) is 0. The van der Waals surface area contributed by atoms with E-state index in [9.17, 15) is 0 Å². The molecule has 1 heterocycles. The van der Waals surface area contributed by atoms with Gasteiger partial charge in [0.05, 0.1) is 0 Å². The Kier molecular flexibility index (Phi) is 2.73. The predicted octanol–water partition coefficient (Wildman–Crippen LogP) is 4.87. The van der Waals surface area contributed by atoms with Gasteiger partial charge in [-0.15, -0.1) is 0 Å². The number of aromatic nitrogens is 1. The molecule has 0 bridgehead atoms. The van der Waals surface area contributed by atoms with E-state index in [1.165, 1.54) is 16.5 Å². The molecule has 88 valence electrons. The Morgan fingerprint density at radius 3 is 2.33 bits per heavy atom. The van der Waals surface area contributed by atoms with E-state index in [-0.39, 0.29) is 0 Å². The van der Waals surface area contributed by atoms with Crippen molar-refractivity contribution in [3.63, 3.8) is 0 Å². The minimum Gasteiger partial charge on any atom is -0.346 e. The lowest BCUT2D eigenvalue weighted by molar-refractivity contribution is 1.30. The van der Waals surface area contributed by atoms with E-state index in [2.05, 4.69) is 54.4 Å². The van der Waals surface area contributed by atoms with Gasteiger partial charge >= 0.3 is 0 Å². The molecular weight excluding hydrogens is 238 g/mol. The van der Waals surface area contributed by atoms with Crippen LogP contribution in [0.3, 0.4) is 0 Å². The van der Waals surface area contributed by atoms with Crippen molar-refractivity contribution in [1.29, 1.82) is 0 Å². The second-order valence-corrected chi connectivity index (χ2v) is 4.77. The fraction of sp³-hybridized carbons (Fsp3) is 0.0625. The highest BCUT2D eigenvalue weighted by molar-refractivity contribution is 7.71. The number of pyridine rings is 1. The Labute approximate surface area is 111 Å². The molecule has 0 radical (unpaired) electrons. The average molecular weight is 251 g/mol. The van der Waals surface area contributed by atoms with Gasteiger partial charge in [-0.05, 0) is 29.7 Å². The molecule has 0 aliphatic rings. The number of nitrogens with one attached hydrogen (secondary N) is 1. The van der Waals surface area contributed by atoms with Gasteiger partial charge in [0.1, 0.15) is 4.64 Å². The summed E-state index contributed by atoms with van der Waals surface area (Å²) in [5, 5.41) is 1.22. The summed E-state index contributed by atoms with van der Waals surface area (Å²) in [6, 6.07) is 18.7. The van der Waals surface area contributed by atoms with Crippen molar-refractivity contribution in [3.05, 3.63) is 64.8 Å². The van der Waals surface area contributed by atoms with E-state index in [4.69, 9.17) is 12.2 Å². The highest BCUT2D eigenvalue weighted by atomic mass is 32.1. The van der Waals surface area contributed by atoms with Crippen LogP contribution in [0.4, 0.5) is 0 Å². The number of rotatable bonds is 1. The van der Waals surface area contributed by atoms with Crippen LogP contribution in [0.15, 0.2) is 54.6 Å². The van der Waals surface area contributed by atoms with Crippen LogP contribution in [-0.2, 0) is 0 Å². The third-order valence-corrected chi connectivity index (χ3v) is 3.63. The maximum atomic E-state index is 5.41. The summed E-state index contributed by atoms with van der Waals surface area (Å²) in [5.74, 6) is 0. The highest BCUT2D eigenvalue weighted by Gasteiger charge is 2.08. The Balaban J connectivity index is 2.47. The summed E-state index contributed by atoms with van der Waals surface area (Å²) >= 11 is 5.41. The Morgan fingerprint density at radius 2 is 1.56 bits per heavy atom. The van der Waals surface area contributed by atoms with Crippen LogP contribution in [0, 0.1) is 11.6 Å². The van der Waals surface area contributed by atoms with Crippen molar-refractivity contribution < 1.29 is 0 Å².